The van der Waals surface area contributed by atoms with E-state index in [2.05, 4.69) is 43.9 Å². The molecule has 94 valence electrons. The second kappa shape index (κ2) is 5.98. The van der Waals surface area contributed by atoms with Crippen LogP contribution < -0.4 is 5.32 Å². The summed E-state index contributed by atoms with van der Waals surface area (Å²) in [6, 6.07) is 12.6. The molecule has 0 atom stereocenters. The van der Waals surface area contributed by atoms with Crippen molar-refractivity contribution in [2.75, 3.05) is 6.54 Å². The Bertz CT molecular complexity index is 506. The van der Waals surface area contributed by atoms with E-state index in [9.17, 15) is 0 Å². The average molecular weight is 257 g/mol. The monoisotopic (exact) mass is 257 g/mol. The molecule has 0 saturated carbocycles. The van der Waals surface area contributed by atoms with Crippen molar-refractivity contribution in [3.05, 3.63) is 63.9 Å². The summed E-state index contributed by atoms with van der Waals surface area (Å²) in [4.78, 5) is 2.81. The lowest BCUT2D eigenvalue weighted by Gasteiger charge is -2.06. The molecule has 0 bridgehead atoms. The van der Waals surface area contributed by atoms with Gasteiger partial charge in [0.25, 0.3) is 0 Å². The molecule has 0 aliphatic carbocycles. The van der Waals surface area contributed by atoms with Crippen LogP contribution in [0.1, 0.15) is 20.9 Å². The van der Waals surface area contributed by atoms with Crippen molar-refractivity contribution < 1.29 is 0 Å². The van der Waals surface area contributed by atoms with Crippen LogP contribution >= 0.6 is 11.3 Å². The molecule has 0 amide bonds. The number of aryl methyl sites for hydroxylation is 2. The maximum Gasteiger partial charge on any atom is 0.0303 e. The van der Waals surface area contributed by atoms with Gasteiger partial charge in [0.2, 0.25) is 0 Å². The highest BCUT2D eigenvalue weighted by Crippen LogP contribution is 2.20. The predicted molar refractivity (Wildman–Crippen MR) is 81.0 cm³/mol. The molecular weight excluding hydrogens is 238 g/mol. The minimum absolute atomic E-state index is 0.833. The fourth-order valence-corrected chi connectivity index (χ4v) is 2.87. The van der Waals surface area contributed by atoms with Crippen molar-refractivity contribution in [1.82, 2.24) is 5.32 Å². The van der Waals surface area contributed by atoms with E-state index in [0.717, 1.165) is 18.7 Å². The van der Waals surface area contributed by atoms with Crippen molar-refractivity contribution >= 4 is 16.9 Å². The largest absolute Gasteiger partial charge is 0.308 e. The summed E-state index contributed by atoms with van der Waals surface area (Å²) < 4.78 is 0. The topological polar surface area (TPSA) is 12.0 Å². The lowest BCUT2D eigenvalue weighted by molar-refractivity contribution is 0.778. The van der Waals surface area contributed by atoms with E-state index in [0.29, 0.717) is 0 Å². The number of rotatable bonds is 5. The van der Waals surface area contributed by atoms with Crippen LogP contribution in [0.4, 0.5) is 0 Å². The normalized spacial score (nSPS) is 10.6. The van der Waals surface area contributed by atoms with E-state index in [1.165, 1.54) is 20.9 Å². The van der Waals surface area contributed by atoms with Gasteiger partial charge in [0.15, 0.2) is 0 Å². The third kappa shape index (κ3) is 3.31. The lowest BCUT2D eigenvalue weighted by atomic mass is 10.1. The summed E-state index contributed by atoms with van der Waals surface area (Å²) in [5, 5.41) is 3.45. The highest BCUT2D eigenvalue weighted by molar-refractivity contribution is 7.12. The minimum Gasteiger partial charge on any atom is -0.308 e. The molecular formula is C16H19NS. The van der Waals surface area contributed by atoms with Crippen molar-refractivity contribution in [2.24, 2.45) is 0 Å². The minimum atomic E-state index is 0.833. The molecule has 2 rings (SSSR count). The Morgan fingerprint density at radius 3 is 2.56 bits per heavy atom. The summed E-state index contributed by atoms with van der Waals surface area (Å²) in [5.74, 6) is 0. The fourth-order valence-electron chi connectivity index (χ4n) is 1.85. The quantitative estimate of drug-likeness (QED) is 0.847. The van der Waals surface area contributed by atoms with Crippen molar-refractivity contribution in [3.8, 4) is 0 Å². The maximum atomic E-state index is 4.12. The Morgan fingerprint density at radius 1 is 1.22 bits per heavy atom. The van der Waals surface area contributed by atoms with Gasteiger partial charge in [-0.1, -0.05) is 36.9 Å². The molecule has 1 nitrogen and oxygen atoms in total. The molecule has 0 radical (unpaired) electrons. The van der Waals surface area contributed by atoms with E-state index in [1.807, 2.05) is 29.5 Å². The zero-order chi connectivity index (χ0) is 13.0. The first-order chi connectivity index (χ1) is 8.66. The molecule has 18 heavy (non-hydrogen) atoms. The molecule has 1 N–H and O–H groups in total. The van der Waals surface area contributed by atoms with Crippen molar-refractivity contribution in [1.29, 1.82) is 0 Å². The molecule has 1 aromatic heterocycles. The Balaban J connectivity index is 1.84. The van der Waals surface area contributed by atoms with Crippen molar-refractivity contribution in [3.63, 3.8) is 0 Å². The lowest BCUT2D eigenvalue weighted by Crippen LogP contribution is -2.14. The molecule has 2 heteroatoms. The summed E-state index contributed by atoms with van der Waals surface area (Å²) >= 11 is 1.87. The van der Waals surface area contributed by atoms with Crippen LogP contribution in [0, 0.1) is 13.8 Å². The summed E-state index contributed by atoms with van der Waals surface area (Å²) in [5.41, 5.74) is 3.74. The van der Waals surface area contributed by atoms with Crippen LogP contribution in [-0.2, 0) is 6.54 Å². The standard InChI is InChI=1S/C16H19NS/c1-12-9-16(18-14(12)3)11-17-10-13(2)15-7-5-4-6-8-15/h4-9,17H,2,10-11H2,1,3H3. The molecule has 0 saturated heterocycles. The molecule has 0 aliphatic rings. The van der Waals surface area contributed by atoms with Gasteiger partial charge in [-0.2, -0.15) is 0 Å². The number of benzene rings is 1. The first-order valence-electron chi connectivity index (χ1n) is 6.16. The zero-order valence-corrected chi connectivity index (χ0v) is 11.8. The smallest absolute Gasteiger partial charge is 0.0303 e. The molecule has 0 fully saturated rings. The van der Waals surface area contributed by atoms with Crippen LogP contribution in [0.15, 0.2) is 43.0 Å². The summed E-state index contributed by atoms with van der Waals surface area (Å²) in [7, 11) is 0. The van der Waals surface area contributed by atoms with Gasteiger partial charge in [0, 0.05) is 22.8 Å². The highest BCUT2D eigenvalue weighted by Gasteiger charge is 2.02. The van der Waals surface area contributed by atoms with Crippen LogP contribution in [-0.4, -0.2) is 6.54 Å². The summed E-state index contributed by atoms with van der Waals surface area (Å²) in [6.07, 6.45) is 0. The Hall–Kier alpha value is -1.38. The molecule has 1 aromatic carbocycles. The average Bonchev–Trinajstić information content (AvgIpc) is 2.69. The maximum absolute atomic E-state index is 4.12. The predicted octanol–water partition coefficient (Wildman–Crippen LogP) is 4.17. The SMILES string of the molecule is C=C(CNCc1cc(C)c(C)s1)c1ccccc1. The van der Waals surface area contributed by atoms with Gasteiger partial charge < -0.3 is 5.32 Å². The molecule has 0 aliphatic heterocycles. The number of nitrogens with one attached hydrogen (secondary N) is 1. The first kappa shape index (κ1) is 13.1. The molecule has 1 heterocycles. The number of hydrogen-bond donors (Lipinski definition) is 1. The summed E-state index contributed by atoms with van der Waals surface area (Å²) in [6.45, 7) is 10.2. The zero-order valence-electron chi connectivity index (χ0n) is 11.0. The fraction of sp³-hybridized carbons (Fsp3) is 0.250. The van der Waals surface area contributed by atoms with Crippen molar-refractivity contribution in [2.45, 2.75) is 20.4 Å². The van der Waals surface area contributed by atoms with Gasteiger partial charge in [0.05, 0.1) is 0 Å². The van der Waals surface area contributed by atoms with Crippen LogP contribution in [0.25, 0.3) is 5.57 Å². The van der Waals surface area contributed by atoms with Gasteiger partial charge in [-0.05, 0) is 36.6 Å². The van der Waals surface area contributed by atoms with Crippen LogP contribution in [0.2, 0.25) is 0 Å². The van der Waals surface area contributed by atoms with E-state index in [-0.39, 0.29) is 0 Å². The number of hydrogen-bond acceptors (Lipinski definition) is 2. The highest BCUT2D eigenvalue weighted by atomic mass is 32.1. The van der Waals surface area contributed by atoms with Gasteiger partial charge in [-0.25, -0.2) is 0 Å². The Kier molecular flexibility index (Phi) is 4.34. The van der Waals surface area contributed by atoms with Crippen LogP contribution in [0.5, 0.6) is 0 Å². The Morgan fingerprint density at radius 2 is 1.94 bits per heavy atom. The second-order valence-electron chi connectivity index (χ2n) is 4.53. The van der Waals surface area contributed by atoms with Crippen LogP contribution in [0.3, 0.4) is 0 Å². The van der Waals surface area contributed by atoms with E-state index in [1.54, 1.807) is 0 Å². The van der Waals surface area contributed by atoms with E-state index in [4.69, 9.17) is 0 Å². The molecule has 0 unspecified atom stereocenters. The van der Waals surface area contributed by atoms with E-state index >= 15 is 0 Å². The van der Waals surface area contributed by atoms with Gasteiger partial charge in [-0.15, -0.1) is 11.3 Å². The molecule has 0 spiro atoms. The third-order valence-corrected chi connectivity index (χ3v) is 4.19. The third-order valence-electron chi connectivity index (χ3n) is 3.04. The molecule has 2 aromatic rings. The Labute approximate surface area is 113 Å². The second-order valence-corrected chi connectivity index (χ2v) is 5.87. The number of thiophene rings is 1. The van der Waals surface area contributed by atoms with Gasteiger partial charge in [-0.3, -0.25) is 0 Å². The van der Waals surface area contributed by atoms with Gasteiger partial charge in [0.1, 0.15) is 0 Å². The van der Waals surface area contributed by atoms with E-state index < -0.39 is 0 Å². The first-order valence-corrected chi connectivity index (χ1v) is 6.98. The van der Waals surface area contributed by atoms with Gasteiger partial charge >= 0.3 is 0 Å².